The Balaban J connectivity index is 1.18. The van der Waals surface area contributed by atoms with Crippen molar-refractivity contribution in [2.24, 2.45) is 5.92 Å². The normalized spacial score (nSPS) is 18.2. The van der Waals surface area contributed by atoms with Crippen molar-refractivity contribution in [2.45, 2.75) is 26.2 Å². The van der Waals surface area contributed by atoms with Gasteiger partial charge in [0.25, 0.3) is 0 Å². The summed E-state index contributed by atoms with van der Waals surface area (Å²) < 4.78 is 13.1. The monoisotopic (exact) mass is 460 g/mol. The first-order valence-electron chi connectivity index (χ1n) is 11.3. The molecule has 0 atom stereocenters. The molecule has 2 saturated heterocycles. The van der Waals surface area contributed by atoms with E-state index in [0.717, 1.165) is 70.2 Å². The molecule has 0 saturated carbocycles. The van der Waals surface area contributed by atoms with Crippen LogP contribution in [0.1, 0.15) is 25.3 Å². The van der Waals surface area contributed by atoms with Crippen molar-refractivity contribution in [1.82, 2.24) is 19.3 Å². The smallest absolute Gasteiger partial charge is 0.225 e. The van der Waals surface area contributed by atoms with Crippen molar-refractivity contribution >= 4 is 23.9 Å². The molecule has 0 N–H and O–H groups in total. The molecule has 2 aliphatic heterocycles. The van der Waals surface area contributed by atoms with Crippen molar-refractivity contribution in [3.05, 3.63) is 36.3 Å². The Morgan fingerprint density at radius 1 is 0.938 bits per heavy atom. The number of piperazine rings is 1. The highest BCUT2D eigenvalue weighted by Gasteiger charge is 2.22. The molecule has 0 aromatic carbocycles. The van der Waals surface area contributed by atoms with Crippen LogP contribution in [0.15, 0.2) is 30.7 Å². The van der Waals surface area contributed by atoms with E-state index >= 15 is 0 Å². The van der Waals surface area contributed by atoms with Gasteiger partial charge in [0, 0.05) is 57.7 Å². The molecule has 0 aliphatic carbocycles. The van der Waals surface area contributed by atoms with Crippen molar-refractivity contribution < 1.29 is 14.0 Å². The van der Waals surface area contributed by atoms with E-state index in [1.807, 2.05) is 24.7 Å². The molecule has 2 aromatic heterocycles. The highest BCUT2D eigenvalue weighted by molar-refractivity contribution is 7.92. The van der Waals surface area contributed by atoms with Crippen molar-refractivity contribution in [1.29, 1.82) is 0 Å². The lowest BCUT2D eigenvalue weighted by Crippen LogP contribution is -2.43. The summed E-state index contributed by atoms with van der Waals surface area (Å²) in [6.07, 6.45) is 8.89. The molecule has 2 fully saturated rings. The zero-order chi connectivity index (χ0) is 22.2. The number of piperidine rings is 1. The van der Waals surface area contributed by atoms with Gasteiger partial charge in [0.05, 0.1) is 25.6 Å². The van der Waals surface area contributed by atoms with E-state index in [4.69, 9.17) is 9.07 Å². The van der Waals surface area contributed by atoms with Gasteiger partial charge in [-0.1, -0.05) is 6.92 Å². The quantitative estimate of drug-likeness (QED) is 0.241. The summed E-state index contributed by atoms with van der Waals surface area (Å²) in [6, 6.07) is 4.07. The molecule has 2 aromatic rings. The molecule has 0 unspecified atom stereocenters. The van der Waals surface area contributed by atoms with Crippen LogP contribution in [-0.4, -0.2) is 72.2 Å². The molecule has 32 heavy (non-hydrogen) atoms. The van der Waals surface area contributed by atoms with E-state index in [1.54, 1.807) is 0 Å². The van der Waals surface area contributed by atoms with Crippen LogP contribution in [0.5, 0.6) is 5.88 Å². The van der Waals surface area contributed by atoms with E-state index in [9.17, 15) is 0 Å². The lowest BCUT2D eigenvalue weighted by molar-refractivity contribution is -0.163. The van der Waals surface area contributed by atoms with Gasteiger partial charge in [0.1, 0.15) is 12.2 Å². The second kappa shape index (κ2) is 11.6. The van der Waals surface area contributed by atoms with E-state index in [2.05, 4.69) is 46.9 Å². The minimum atomic E-state index is 0.530. The summed E-state index contributed by atoms with van der Waals surface area (Å²) >= 11 is 1.26. The highest BCUT2D eigenvalue weighted by atomic mass is 32.2. The molecule has 4 rings (SSSR count). The van der Waals surface area contributed by atoms with Crippen LogP contribution < -0.4 is 14.5 Å². The topological polar surface area (TPSA) is 76.1 Å². The summed E-state index contributed by atoms with van der Waals surface area (Å²) in [7, 11) is 1.52. The van der Waals surface area contributed by atoms with Gasteiger partial charge >= 0.3 is 0 Å². The Hall–Kier alpha value is -2.14. The van der Waals surface area contributed by atoms with Crippen LogP contribution in [-0.2, 0) is 15.6 Å². The SMILES string of the molecule is CCc1cnc(N2CCC(COc3ccc(N4CCN(SOOC)CC4)cn3)CC2)nc1. The maximum Gasteiger partial charge on any atom is 0.225 e. The molecule has 0 radical (unpaired) electrons. The Bertz CT molecular complexity index is 809. The standard InChI is InChI=1S/C22H32N6O3S/c1-3-18-14-24-22(25-15-18)27-8-6-19(7-9-27)17-30-21-5-4-20(16-23-21)26-10-12-28(13-11-26)32-31-29-2/h4-5,14-16,19H,3,6-13,17H2,1-2H3. The molecule has 4 heterocycles. The largest absolute Gasteiger partial charge is 0.477 e. The third-order valence-electron chi connectivity index (χ3n) is 5.99. The number of anilines is 2. The fraction of sp³-hybridized carbons (Fsp3) is 0.591. The molecular formula is C22H32N6O3S. The first-order chi connectivity index (χ1) is 15.7. The average Bonchev–Trinajstić information content (AvgIpc) is 2.87. The number of ether oxygens (including phenoxy) is 1. The number of hydrogen-bond donors (Lipinski definition) is 0. The summed E-state index contributed by atoms with van der Waals surface area (Å²) in [5.41, 5.74) is 2.30. The lowest BCUT2D eigenvalue weighted by atomic mass is 9.98. The molecule has 0 bridgehead atoms. The fourth-order valence-electron chi connectivity index (χ4n) is 3.94. The third kappa shape index (κ3) is 6.22. The van der Waals surface area contributed by atoms with E-state index in [0.29, 0.717) is 18.4 Å². The third-order valence-corrected chi connectivity index (χ3v) is 6.77. The average molecular weight is 461 g/mol. The Morgan fingerprint density at radius 2 is 1.69 bits per heavy atom. The fourth-order valence-corrected chi connectivity index (χ4v) is 4.40. The van der Waals surface area contributed by atoms with Gasteiger partial charge in [-0.05, 0) is 36.8 Å². The van der Waals surface area contributed by atoms with Crippen molar-refractivity contribution in [3.8, 4) is 5.88 Å². The molecule has 9 nitrogen and oxygen atoms in total. The molecule has 10 heteroatoms. The van der Waals surface area contributed by atoms with Gasteiger partial charge in [-0.25, -0.2) is 24.1 Å². The minimum absolute atomic E-state index is 0.530. The molecular weight excluding hydrogens is 428 g/mol. The lowest BCUT2D eigenvalue weighted by Gasteiger charge is -2.34. The maximum absolute atomic E-state index is 6.00. The summed E-state index contributed by atoms with van der Waals surface area (Å²) in [5.74, 6) is 2.06. The summed E-state index contributed by atoms with van der Waals surface area (Å²) in [5, 5.41) is 0. The number of hydrogen-bond acceptors (Lipinski definition) is 10. The number of aromatic nitrogens is 3. The predicted molar refractivity (Wildman–Crippen MR) is 126 cm³/mol. The number of aryl methyl sites for hydroxylation is 1. The van der Waals surface area contributed by atoms with Crippen LogP contribution in [0, 0.1) is 5.92 Å². The van der Waals surface area contributed by atoms with Crippen LogP contribution >= 0.6 is 12.2 Å². The minimum Gasteiger partial charge on any atom is -0.477 e. The van der Waals surface area contributed by atoms with Gasteiger partial charge < -0.3 is 14.5 Å². The molecule has 0 amide bonds. The van der Waals surface area contributed by atoms with Crippen molar-refractivity contribution in [2.75, 3.05) is 62.8 Å². The van der Waals surface area contributed by atoms with Crippen LogP contribution in [0.2, 0.25) is 0 Å². The number of pyridine rings is 1. The van der Waals surface area contributed by atoms with Crippen LogP contribution in [0.25, 0.3) is 0 Å². The maximum atomic E-state index is 6.00. The van der Waals surface area contributed by atoms with Gasteiger partial charge in [0.2, 0.25) is 11.8 Å². The van der Waals surface area contributed by atoms with Crippen LogP contribution in [0.3, 0.4) is 0 Å². The summed E-state index contributed by atoms with van der Waals surface area (Å²) in [4.78, 5) is 22.8. The van der Waals surface area contributed by atoms with E-state index in [1.165, 1.54) is 24.9 Å². The zero-order valence-electron chi connectivity index (χ0n) is 18.9. The highest BCUT2D eigenvalue weighted by Crippen LogP contribution is 2.24. The van der Waals surface area contributed by atoms with Gasteiger partial charge in [-0.2, -0.15) is 0 Å². The Kier molecular flexibility index (Phi) is 8.38. The second-order valence-electron chi connectivity index (χ2n) is 8.07. The number of nitrogens with zero attached hydrogens (tertiary/aromatic N) is 6. The predicted octanol–water partition coefficient (Wildman–Crippen LogP) is 2.99. The molecule has 2 aliphatic rings. The zero-order valence-corrected chi connectivity index (χ0v) is 19.7. The van der Waals surface area contributed by atoms with Crippen molar-refractivity contribution in [3.63, 3.8) is 0 Å². The van der Waals surface area contributed by atoms with Crippen LogP contribution in [0.4, 0.5) is 11.6 Å². The van der Waals surface area contributed by atoms with E-state index in [-0.39, 0.29) is 0 Å². The van der Waals surface area contributed by atoms with Gasteiger partial charge in [-0.3, -0.25) is 0 Å². The Morgan fingerprint density at radius 3 is 2.31 bits per heavy atom. The first kappa shape index (κ1) is 23.0. The Labute approximate surface area is 194 Å². The van der Waals surface area contributed by atoms with Gasteiger partial charge in [0.15, 0.2) is 0 Å². The molecule has 0 spiro atoms. The second-order valence-corrected chi connectivity index (χ2v) is 8.87. The number of rotatable bonds is 9. The van der Waals surface area contributed by atoms with E-state index < -0.39 is 0 Å². The van der Waals surface area contributed by atoms with Gasteiger partial charge in [-0.15, -0.1) is 4.33 Å². The molecule has 174 valence electrons. The first-order valence-corrected chi connectivity index (χ1v) is 12.0. The summed E-state index contributed by atoms with van der Waals surface area (Å²) in [6.45, 7) is 8.39.